The first-order valence-electron chi connectivity index (χ1n) is 10.4. The van der Waals surface area contributed by atoms with Gasteiger partial charge in [0, 0.05) is 32.7 Å². The molecule has 0 bridgehead atoms. The molecule has 1 atom stereocenters. The third-order valence-electron chi connectivity index (χ3n) is 4.98. The largest absolute Gasteiger partial charge is 0.387 e. The Kier molecular flexibility index (Phi) is 9.67. The van der Waals surface area contributed by atoms with Gasteiger partial charge in [0.15, 0.2) is 5.96 Å². The summed E-state index contributed by atoms with van der Waals surface area (Å²) in [5, 5.41) is 17.3. The number of β-amino-alcohol motifs (C(OH)–C–C–N with tert-alkyl or cyclic N) is 1. The summed E-state index contributed by atoms with van der Waals surface area (Å²) in [6.07, 6.45) is 5.09. The van der Waals surface area contributed by atoms with E-state index in [0.29, 0.717) is 13.1 Å². The van der Waals surface area contributed by atoms with Crippen molar-refractivity contribution in [3.8, 4) is 0 Å². The van der Waals surface area contributed by atoms with E-state index in [2.05, 4.69) is 32.3 Å². The molecule has 7 nitrogen and oxygen atoms in total. The minimum Gasteiger partial charge on any atom is -0.387 e. The number of guanidine groups is 1. The maximum atomic E-state index is 10.7. The average molecular weight is 370 g/mol. The highest BCUT2D eigenvalue weighted by molar-refractivity contribution is 5.79. The summed E-state index contributed by atoms with van der Waals surface area (Å²) in [4.78, 5) is 9.41. The minimum atomic E-state index is -0.824. The molecule has 2 aliphatic rings. The second-order valence-corrected chi connectivity index (χ2v) is 7.76. The maximum absolute atomic E-state index is 10.7. The Labute approximate surface area is 159 Å². The number of morpholine rings is 1. The summed E-state index contributed by atoms with van der Waals surface area (Å²) in [7, 11) is 0. The molecule has 2 saturated heterocycles. The number of hydrogen-bond donors (Lipinski definition) is 3. The van der Waals surface area contributed by atoms with Gasteiger partial charge in [-0.05, 0) is 59.2 Å². The molecule has 3 N–H and O–H groups in total. The summed E-state index contributed by atoms with van der Waals surface area (Å²) in [5.41, 5.74) is -0.824. The maximum Gasteiger partial charge on any atom is 0.191 e. The number of aliphatic imine (C=N–C) groups is 1. The molecule has 26 heavy (non-hydrogen) atoms. The second-order valence-electron chi connectivity index (χ2n) is 7.76. The van der Waals surface area contributed by atoms with Crippen LogP contribution >= 0.6 is 0 Å². The van der Waals surface area contributed by atoms with Crippen LogP contribution in [0.1, 0.15) is 39.5 Å². The van der Waals surface area contributed by atoms with Crippen LogP contribution in [0.5, 0.6) is 0 Å². The van der Waals surface area contributed by atoms with Gasteiger partial charge >= 0.3 is 0 Å². The minimum absolute atomic E-state index is 0.396. The van der Waals surface area contributed by atoms with E-state index in [0.717, 1.165) is 51.8 Å². The lowest BCUT2D eigenvalue weighted by molar-refractivity contribution is -0.0179. The third-order valence-corrected chi connectivity index (χ3v) is 4.98. The quantitative estimate of drug-likeness (QED) is 0.296. The van der Waals surface area contributed by atoms with Crippen LogP contribution in [-0.4, -0.2) is 98.6 Å². The van der Waals surface area contributed by atoms with Gasteiger partial charge in [0.1, 0.15) is 0 Å². The zero-order valence-corrected chi connectivity index (χ0v) is 16.8. The monoisotopic (exact) mass is 369 g/mol. The molecule has 7 heteroatoms. The van der Waals surface area contributed by atoms with E-state index in [9.17, 15) is 5.11 Å². The molecule has 0 aliphatic carbocycles. The third kappa shape index (κ3) is 8.66. The van der Waals surface area contributed by atoms with Gasteiger partial charge in [-0.15, -0.1) is 0 Å². The van der Waals surface area contributed by atoms with Crippen molar-refractivity contribution in [3.63, 3.8) is 0 Å². The lowest BCUT2D eigenvalue weighted by atomic mass is 10.1. The van der Waals surface area contributed by atoms with Crippen molar-refractivity contribution in [1.82, 2.24) is 20.4 Å². The van der Waals surface area contributed by atoms with Gasteiger partial charge in [0.2, 0.25) is 0 Å². The number of likely N-dealkylation sites (tertiary alicyclic amines) is 1. The van der Waals surface area contributed by atoms with Crippen LogP contribution in [-0.2, 0) is 4.74 Å². The van der Waals surface area contributed by atoms with Crippen LogP contribution in [0.2, 0.25) is 0 Å². The number of rotatable bonds is 10. The summed E-state index contributed by atoms with van der Waals surface area (Å²) >= 11 is 0. The molecule has 0 aromatic carbocycles. The van der Waals surface area contributed by atoms with Crippen molar-refractivity contribution in [3.05, 3.63) is 0 Å². The molecule has 2 aliphatic heterocycles. The van der Waals surface area contributed by atoms with Gasteiger partial charge in [-0.3, -0.25) is 9.89 Å². The molecule has 0 amide bonds. The van der Waals surface area contributed by atoms with E-state index in [1.165, 1.54) is 38.9 Å². The smallest absolute Gasteiger partial charge is 0.191 e. The van der Waals surface area contributed by atoms with Crippen molar-refractivity contribution in [2.75, 3.05) is 72.1 Å². The molecular formula is C19H39N5O2. The van der Waals surface area contributed by atoms with Crippen LogP contribution < -0.4 is 10.6 Å². The zero-order valence-electron chi connectivity index (χ0n) is 16.8. The molecular weight excluding hydrogens is 330 g/mol. The van der Waals surface area contributed by atoms with Gasteiger partial charge in [-0.1, -0.05) is 0 Å². The van der Waals surface area contributed by atoms with Crippen LogP contribution in [0, 0.1) is 0 Å². The Morgan fingerprint density at radius 1 is 1.08 bits per heavy atom. The Morgan fingerprint density at radius 3 is 2.50 bits per heavy atom. The van der Waals surface area contributed by atoms with Gasteiger partial charge in [-0.2, -0.15) is 0 Å². The Balaban J connectivity index is 1.66. The van der Waals surface area contributed by atoms with E-state index < -0.39 is 5.60 Å². The number of aliphatic hydroxyl groups is 1. The van der Waals surface area contributed by atoms with Crippen LogP contribution in [0.15, 0.2) is 4.99 Å². The van der Waals surface area contributed by atoms with Crippen LogP contribution in [0.25, 0.3) is 0 Å². The number of hydrogen-bond acceptors (Lipinski definition) is 5. The van der Waals surface area contributed by atoms with Gasteiger partial charge < -0.3 is 25.4 Å². The Hall–Kier alpha value is -0.890. The lowest BCUT2D eigenvalue weighted by Gasteiger charge is -2.33. The number of nitrogens with zero attached hydrogens (tertiary/aromatic N) is 3. The van der Waals surface area contributed by atoms with Gasteiger partial charge in [0.05, 0.1) is 25.4 Å². The zero-order chi connectivity index (χ0) is 18.7. The normalized spacial score (nSPS) is 22.3. The SMILES string of the molecule is CCNC(=NCC(C)(O)CN1CCOCC1)NCCCCN1CCCC1. The molecule has 0 aromatic heterocycles. The Morgan fingerprint density at radius 2 is 1.81 bits per heavy atom. The number of unbranched alkanes of at least 4 members (excludes halogenated alkanes) is 1. The lowest BCUT2D eigenvalue weighted by Crippen LogP contribution is -2.48. The summed E-state index contributed by atoms with van der Waals surface area (Å²) < 4.78 is 5.37. The molecule has 0 spiro atoms. The molecule has 2 heterocycles. The molecule has 0 radical (unpaired) electrons. The van der Waals surface area contributed by atoms with Gasteiger partial charge in [0.25, 0.3) is 0 Å². The summed E-state index contributed by atoms with van der Waals surface area (Å²) in [6.45, 7) is 13.7. The number of ether oxygens (including phenoxy) is 1. The first-order chi connectivity index (χ1) is 12.6. The van der Waals surface area contributed by atoms with E-state index in [-0.39, 0.29) is 0 Å². The summed E-state index contributed by atoms with van der Waals surface area (Å²) in [6, 6.07) is 0. The predicted octanol–water partition coefficient (Wildman–Crippen LogP) is 0.501. The molecule has 1 unspecified atom stereocenters. The highest BCUT2D eigenvalue weighted by Crippen LogP contribution is 2.09. The van der Waals surface area contributed by atoms with Crippen molar-refractivity contribution < 1.29 is 9.84 Å². The van der Waals surface area contributed by atoms with Gasteiger partial charge in [-0.25, -0.2) is 0 Å². The highest BCUT2D eigenvalue weighted by Gasteiger charge is 2.25. The second kappa shape index (κ2) is 11.7. The molecule has 2 rings (SSSR count). The number of nitrogens with one attached hydrogen (secondary N) is 2. The molecule has 2 fully saturated rings. The Bertz CT molecular complexity index is 405. The van der Waals surface area contributed by atoms with E-state index in [4.69, 9.17) is 4.74 Å². The first kappa shape index (κ1) is 21.4. The van der Waals surface area contributed by atoms with Crippen molar-refractivity contribution in [1.29, 1.82) is 0 Å². The molecule has 152 valence electrons. The topological polar surface area (TPSA) is 72.4 Å². The van der Waals surface area contributed by atoms with Crippen LogP contribution in [0.4, 0.5) is 0 Å². The summed E-state index contributed by atoms with van der Waals surface area (Å²) in [5.74, 6) is 0.802. The van der Waals surface area contributed by atoms with E-state index in [1.54, 1.807) is 0 Å². The van der Waals surface area contributed by atoms with E-state index >= 15 is 0 Å². The fraction of sp³-hybridized carbons (Fsp3) is 0.947. The predicted molar refractivity (Wildman–Crippen MR) is 107 cm³/mol. The van der Waals surface area contributed by atoms with E-state index in [1.807, 2.05) is 6.92 Å². The standard InChI is InChI=1S/C19H39N5O2/c1-3-20-18(21-8-4-5-9-23-10-6-7-11-23)22-16-19(2,25)17-24-12-14-26-15-13-24/h25H,3-17H2,1-2H3,(H2,20,21,22). The van der Waals surface area contributed by atoms with Crippen molar-refractivity contribution in [2.24, 2.45) is 4.99 Å². The average Bonchev–Trinajstić information content (AvgIpc) is 3.13. The fourth-order valence-electron chi connectivity index (χ4n) is 3.56. The van der Waals surface area contributed by atoms with Crippen LogP contribution in [0.3, 0.4) is 0 Å². The first-order valence-corrected chi connectivity index (χ1v) is 10.4. The highest BCUT2D eigenvalue weighted by atomic mass is 16.5. The molecule has 0 aromatic rings. The van der Waals surface area contributed by atoms with Crippen molar-refractivity contribution in [2.45, 2.75) is 45.1 Å². The van der Waals surface area contributed by atoms with Crippen molar-refractivity contribution >= 4 is 5.96 Å². The fourth-order valence-corrected chi connectivity index (χ4v) is 3.56. The molecule has 0 saturated carbocycles.